The minimum atomic E-state index is -1.38. The van der Waals surface area contributed by atoms with Gasteiger partial charge in [-0.15, -0.1) is 0 Å². The summed E-state index contributed by atoms with van der Waals surface area (Å²) in [5.74, 6) is -0.171. The lowest BCUT2D eigenvalue weighted by Crippen LogP contribution is -2.32. The zero-order valence-corrected chi connectivity index (χ0v) is 9.60. The smallest absolute Gasteiger partial charge is 0.152 e. The quantitative estimate of drug-likeness (QED) is 0.511. The Kier molecular flexibility index (Phi) is 6.15. The number of ether oxygens (including phenoxy) is 4. The van der Waals surface area contributed by atoms with Gasteiger partial charge in [-0.2, -0.15) is 0 Å². The van der Waals surface area contributed by atoms with Crippen molar-refractivity contribution in [3.8, 4) is 0 Å². The molecule has 5 nitrogen and oxygen atoms in total. The molecule has 0 aliphatic heterocycles. The minimum Gasteiger partial charge on any atom is -0.390 e. The van der Waals surface area contributed by atoms with Crippen LogP contribution in [0.5, 0.6) is 0 Å². The van der Waals surface area contributed by atoms with Crippen LogP contribution < -0.4 is 0 Å². The molecule has 1 rings (SSSR count). The van der Waals surface area contributed by atoms with Crippen molar-refractivity contribution in [2.45, 2.75) is 24.8 Å². The minimum absolute atomic E-state index is 0.0125. The highest BCUT2D eigenvalue weighted by Crippen LogP contribution is 2.31. The summed E-state index contributed by atoms with van der Waals surface area (Å²) in [6, 6.07) is 0. The molecular formula is C10H19FO5. The molecule has 0 radical (unpaired) electrons. The predicted octanol–water partition coefficient (Wildman–Crippen LogP) is 0.315. The summed E-state index contributed by atoms with van der Waals surface area (Å²) in [7, 11) is 2.98. The Bertz CT molecular complexity index is 192. The molecule has 0 aromatic rings. The fourth-order valence-corrected chi connectivity index (χ4v) is 1.87. The van der Waals surface area contributed by atoms with Crippen LogP contribution in [0.25, 0.3) is 0 Å². The van der Waals surface area contributed by atoms with Crippen molar-refractivity contribution >= 4 is 0 Å². The van der Waals surface area contributed by atoms with Crippen molar-refractivity contribution in [3.05, 3.63) is 0 Å². The summed E-state index contributed by atoms with van der Waals surface area (Å²) in [4.78, 5) is 0. The summed E-state index contributed by atoms with van der Waals surface area (Å²) in [5.41, 5.74) is 0. The third-order valence-electron chi connectivity index (χ3n) is 2.60. The fourth-order valence-electron chi connectivity index (χ4n) is 1.87. The van der Waals surface area contributed by atoms with E-state index in [9.17, 15) is 9.50 Å². The van der Waals surface area contributed by atoms with Crippen LogP contribution in [0.3, 0.4) is 0 Å². The highest BCUT2D eigenvalue weighted by atomic mass is 19.1. The number of rotatable bonds is 7. The highest BCUT2D eigenvalue weighted by molar-refractivity contribution is 4.92. The molecule has 4 atom stereocenters. The lowest BCUT2D eigenvalue weighted by molar-refractivity contribution is -0.124. The molecule has 16 heavy (non-hydrogen) atoms. The molecular weight excluding hydrogens is 219 g/mol. The van der Waals surface area contributed by atoms with Gasteiger partial charge in [0.1, 0.15) is 13.6 Å². The van der Waals surface area contributed by atoms with Crippen LogP contribution >= 0.6 is 0 Å². The first-order valence-electron chi connectivity index (χ1n) is 5.20. The molecule has 0 aromatic carbocycles. The Morgan fingerprint density at radius 1 is 1.25 bits per heavy atom. The Labute approximate surface area is 94.4 Å². The molecule has 0 amide bonds. The van der Waals surface area contributed by atoms with Crippen LogP contribution in [0.15, 0.2) is 0 Å². The summed E-state index contributed by atoms with van der Waals surface area (Å²) in [6.45, 7) is 0.471. The van der Waals surface area contributed by atoms with Gasteiger partial charge in [-0.05, 0) is 6.42 Å². The number of aliphatic hydroxyl groups excluding tert-OH is 1. The first-order valence-corrected chi connectivity index (χ1v) is 5.20. The Morgan fingerprint density at radius 3 is 2.56 bits per heavy atom. The zero-order valence-electron chi connectivity index (χ0n) is 9.60. The maximum absolute atomic E-state index is 13.5. The van der Waals surface area contributed by atoms with Gasteiger partial charge in [0.05, 0.1) is 18.8 Å². The maximum atomic E-state index is 13.5. The number of alkyl halides is 1. The van der Waals surface area contributed by atoms with Gasteiger partial charge in [-0.3, -0.25) is 0 Å². The van der Waals surface area contributed by atoms with E-state index in [1.54, 1.807) is 0 Å². The summed E-state index contributed by atoms with van der Waals surface area (Å²) < 4.78 is 33.4. The summed E-state index contributed by atoms with van der Waals surface area (Å²) in [5, 5.41) is 9.41. The van der Waals surface area contributed by atoms with Crippen LogP contribution in [0.4, 0.5) is 4.39 Å². The van der Waals surface area contributed by atoms with Crippen molar-refractivity contribution in [2.24, 2.45) is 5.92 Å². The Hall–Kier alpha value is -0.270. The average molecular weight is 238 g/mol. The van der Waals surface area contributed by atoms with Crippen molar-refractivity contribution < 1.29 is 28.4 Å². The molecule has 0 saturated heterocycles. The Morgan fingerprint density at radius 2 is 1.94 bits per heavy atom. The van der Waals surface area contributed by atoms with E-state index >= 15 is 0 Å². The second-order valence-corrected chi connectivity index (χ2v) is 3.82. The first-order chi connectivity index (χ1) is 7.70. The largest absolute Gasteiger partial charge is 0.390 e. The van der Waals surface area contributed by atoms with Gasteiger partial charge in [0.2, 0.25) is 0 Å². The van der Waals surface area contributed by atoms with E-state index in [0.29, 0.717) is 13.0 Å². The van der Waals surface area contributed by atoms with Crippen molar-refractivity contribution in [2.75, 3.05) is 34.4 Å². The van der Waals surface area contributed by atoms with Gasteiger partial charge in [-0.25, -0.2) is 4.39 Å². The normalized spacial score (nSPS) is 34.5. The van der Waals surface area contributed by atoms with Crippen LogP contribution in [0, 0.1) is 5.92 Å². The second kappa shape index (κ2) is 7.13. The average Bonchev–Trinajstić information content (AvgIpc) is 2.53. The van der Waals surface area contributed by atoms with E-state index in [1.165, 1.54) is 14.2 Å². The fraction of sp³-hybridized carbons (Fsp3) is 1.00. The van der Waals surface area contributed by atoms with Gasteiger partial charge in [0.25, 0.3) is 0 Å². The summed E-state index contributed by atoms with van der Waals surface area (Å²) in [6.07, 6.45) is -2.71. The molecule has 1 saturated carbocycles. The van der Waals surface area contributed by atoms with Crippen molar-refractivity contribution in [1.82, 2.24) is 0 Å². The van der Waals surface area contributed by atoms with E-state index in [1.807, 2.05) is 0 Å². The molecule has 1 aliphatic rings. The van der Waals surface area contributed by atoms with Gasteiger partial charge in [0, 0.05) is 20.1 Å². The molecule has 0 spiro atoms. The van der Waals surface area contributed by atoms with Crippen LogP contribution in [0.2, 0.25) is 0 Å². The number of hydrogen-bond acceptors (Lipinski definition) is 5. The molecule has 0 aromatic heterocycles. The first kappa shape index (κ1) is 13.8. The van der Waals surface area contributed by atoms with E-state index in [0.717, 1.165) is 0 Å². The van der Waals surface area contributed by atoms with Crippen molar-refractivity contribution in [3.63, 3.8) is 0 Å². The van der Waals surface area contributed by atoms with E-state index in [-0.39, 0.29) is 19.5 Å². The third-order valence-corrected chi connectivity index (χ3v) is 2.60. The highest BCUT2D eigenvalue weighted by Gasteiger charge is 2.43. The topological polar surface area (TPSA) is 57.2 Å². The molecule has 6 heteroatoms. The van der Waals surface area contributed by atoms with Gasteiger partial charge in [-0.1, -0.05) is 0 Å². The second-order valence-electron chi connectivity index (χ2n) is 3.82. The van der Waals surface area contributed by atoms with Crippen LogP contribution in [-0.2, 0) is 18.9 Å². The van der Waals surface area contributed by atoms with E-state index in [2.05, 4.69) is 0 Å². The SMILES string of the molecule is COCOC[C@H]1C[C@@H](O)[C@H](F)[C@@H]1OCOC. The van der Waals surface area contributed by atoms with E-state index < -0.39 is 18.4 Å². The van der Waals surface area contributed by atoms with Crippen molar-refractivity contribution in [1.29, 1.82) is 0 Å². The van der Waals surface area contributed by atoms with Crippen LogP contribution in [0.1, 0.15) is 6.42 Å². The number of halogens is 1. The molecule has 96 valence electrons. The molecule has 0 unspecified atom stereocenters. The molecule has 0 bridgehead atoms. The molecule has 1 aliphatic carbocycles. The summed E-state index contributed by atoms with van der Waals surface area (Å²) >= 11 is 0. The molecule has 0 heterocycles. The number of hydrogen-bond donors (Lipinski definition) is 1. The van der Waals surface area contributed by atoms with Gasteiger partial charge < -0.3 is 24.1 Å². The lowest BCUT2D eigenvalue weighted by atomic mass is 10.1. The standard InChI is InChI=1S/C10H19FO5/c1-13-5-15-4-7-3-8(12)9(11)10(7)16-6-14-2/h7-10,12H,3-6H2,1-2H3/t7-,8-,9+,10-/m1/s1. The number of methoxy groups -OCH3 is 2. The monoisotopic (exact) mass is 238 g/mol. The molecule has 1 fully saturated rings. The van der Waals surface area contributed by atoms with Gasteiger partial charge in [0.15, 0.2) is 6.17 Å². The lowest BCUT2D eigenvalue weighted by Gasteiger charge is -2.20. The third kappa shape index (κ3) is 3.64. The maximum Gasteiger partial charge on any atom is 0.152 e. The van der Waals surface area contributed by atoms with Crippen LogP contribution in [-0.4, -0.2) is 57.9 Å². The predicted molar refractivity (Wildman–Crippen MR) is 53.6 cm³/mol. The molecule has 1 N–H and O–H groups in total. The Balaban J connectivity index is 2.39. The van der Waals surface area contributed by atoms with Gasteiger partial charge >= 0.3 is 0 Å². The van der Waals surface area contributed by atoms with E-state index in [4.69, 9.17) is 18.9 Å². The zero-order chi connectivity index (χ0) is 12.0. The number of aliphatic hydroxyl groups is 1.